The third kappa shape index (κ3) is 3.94. The Balaban J connectivity index is 4.01. The molecule has 5 heteroatoms. The molecule has 0 spiro atoms. The molecule has 1 unspecified atom stereocenters. The molecule has 0 fully saturated rings. The van der Waals surface area contributed by atoms with Crippen molar-refractivity contribution < 1.29 is 8.42 Å². The summed E-state index contributed by atoms with van der Waals surface area (Å²) in [7, 11) is -2.98. The van der Waals surface area contributed by atoms with Gasteiger partial charge in [0.25, 0.3) is 0 Å². The van der Waals surface area contributed by atoms with E-state index in [4.69, 9.17) is 17.3 Å². The zero-order chi connectivity index (χ0) is 8.91. The monoisotopic (exact) mass is 199 g/mol. The largest absolute Gasteiger partial charge is 0.329 e. The first-order valence-electron chi connectivity index (χ1n) is 3.52. The van der Waals surface area contributed by atoms with Crippen LogP contribution in [-0.2, 0) is 9.84 Å². The maximum Gasteiger partial charge on any atom is 0.154 e. The lowest BCUT2D eigenvalue weighted by molar-refractivity contribution is 0.583. The summed E-state index contributed by atoms with van der Waals surface area (Å²) in [6.45, 7) is 1.80. The molecular weight excluding hydrogens is 186 g/mol. The van der Waals surface area contributed by atoms with Crippen LogP contribution in [0.15, 0.2) is 0 Å². The number of halogens is 1. The van der Waals surface area contributed by atoms with Crippen molar-refractivity contribution in [3.63, 3.8) is 0 Å². The van der Waals surface area contributed by atoms with Gasteiger partial charge >= 0.3 is 0 Å². The van der Waals surface area contributed by atoms with Gasteiger partial charge in [0, 0.05) is 12.4 Å². The first-order valence-corrected chi connectivity index (χ1v) is 5.77. The van der Waals surface area contributed by atoms with Gasteiger partial charge in [-0.3, -0.25) is 0 Å². The number of sulfone groups is 1. The summed E-state index contributed by atoms with van der Waals surface area (Å²) in [4.78, 5) is 0. The Morgan fingerprint density at radius 1 is 1.55 bits per heavy atom. The van der Waals surface area contributed by atoms with Crippen LogP contribution in [0.4, 0.5) is 0 Å². The number of rotatable bonds is 5. The quantitative estimate of drug-likeness (QED) is 0.652. The van der Waals surface area contributed by atoms with Crippen molar-refractivity contribution >= 4 is 21.4 Å². The van der Waals surface area contributed by atoms with Gasteiger partial charge in [-0.2, -0.15) is 0 Å². The fraction of sp³-hybridized carbons (Fsp3) is 1.00. The van der Waals surface area contributed by atoms with Crippen molar-refractivity contribution in [2.24, 2.45) is 5.73 Å². The topological polar surface area (TPSA) is 60.2 Å². The smallest absolute Gasteiger partial charge is 0.154 e. The van der Waals surface area contributed by atoms with Gasteiger partial charge in [-0.25, -0.2) is 8.42 Å². The van der Waals surface area contributed by atoms with Crippen LogP contribution in [0.1, 0.15) is 13.3 Å². The third-order valence-corrected chi connectivity index (χ3v) is 4.05. The fourth-order valence-corrected chi connectivity index (χ4v) is 2.14. The summed E-state index contributed by atoms with van der Waals surface area (Å²) in [6, 6.07) is 0. The molecular formula is C6H14ClNO2S. The maximum absolute atomic E-state index is 11.2. The minimum atomic E-state index is -2.98. The van der Waals surface area contributed by atoms with Crippen LogP contribution in [0.3, 0.4) is 0 Å². The highest BCUT2D eigenvalue weighted by Gasteiger charge is 2.17. The molecule has 68 valence electrons. The van der Waals surface area contributed by atoms with Gasteiger partial charge in [-0.1, -0.05) is 0 Å². The summed E-state index contributed by atoms with van der Waals surface area (Å²) in [5, 5.41) is -0.439. The molecule has 1 atom stereocenters. The highest BCUT2D eigenvalue weighted by Crippen LogP contribution is 2.02. The van der Waals surface area contributed by atoms with Crippen molar-refractivity contribution in [2.45, 2.75) is 18.6 Å². The Kier molecular flexibility index (Phi) is 5.04. The summed E-state index contributed by atoms with van der Waals surface area (Å²) in [5.41, 5.74) is 5.22. The lowest BCUT2D eigenvalue weighted by atomic mass is 10.5. The molecule has 0 saturated heterocycles. The number of nitrogens with two attached hydrogens (primary N) is 1. The number of hydrogen-bond acceptors (Lipinski definition) is 3. The van der Waals surface area contributed by atoms with E-state index in [-0.39, 0.29) is 12.3 Å². The molecule has 0 aromatic heterocycles. The predicted molar refractivity (Wildman–Crippen MR) is 47.6 cm³/mol. The van der Waals surface area contributed by atoms with E-state index in [2.05, 4.69) is 0 Å². The minimum Gasteiger partial charge on any atom is -0.329 e. The maximum atomic E-state index is 11.2. The summed E-state index contributed by atoms with van der Waals surface area (Å²) in [5.74, 6) is 0.533. The van der Waals surface area contributed by atoms with Crippen molar-refractivity contribution in [2.75, 3.05) is 18.2 Å². The Morgan fingerprint density at radius 2 is 2.09 bits per heavy atom. The lowest BCUT2D eigenvalue weighted by Gasteiger charge is -2.08. The molecule has 0 rings (SSSR count). The fourth-order valence-electron chi connectivity index (χ4n) is 0.604. The second-order valence-electron chi connectivity index (χ2n) is 2.46. The predicted octanol–water partition coefficient (Wildman–Crippen LogP) is 0.377. The van der Waals surface area contributed by atoms with Gasteiger partial charge < -0.3 is 5.73 Å². The van der Waals surface area contributed by atoms with Crippen LogP contribution in [0.25, 0.3) is 0 Å². The highest BCUT2D eigenvalue weighted by molar-refractivity contribution is 7.92. The molecule has 0 aliphatic heterocycles. The zero-order valence-electron chi connectivity index (χ0n) is 6.59. The van der Waals surface area contributed by atoms with E-state index in [0.717, 1.165) is 0 Å². The third-order valence-electron chi connectivity index (χ3n) is 1.51. The van der Waals surface area contributed by atoms with Crippen LogP contribution in [0.2, 0.25) is 0 Å². The van der Waals surface area contributed by atoms with Gasteiger partial charge in [0.1, 0.15) is 0 Å². The number of hydrogen-bond donors (Lipinski definition) is 1. The summed E-state index contributed by atoms with van der Waals surface area (Å²) >= 11 is 5.36. The van der Waals surface area contributed by atoms with Crippen LogP contribution >= 0.6 is 11.6 Å². The van der Waals surface area contributed by atoms with Crippen LogP contribution < -0.4 is 5.73 Å². The molecule has 0 aliphatic rings. The molecule has 0 heterocycles. The lowest BCUT2D eigenvalue weighted by Crippen LogP contribution is -2.28. The number of alkyl halides is 1. The van der Waals surface area contributed by atoms with E-state index in [9.17, 15) is 8.42 Å². The van der Waals surface area contributed by atoms with Crippen molar-refractivity contribution in [1.82, 2.24) is 0 Å². The van der Waals surface area contributed by atoms with Gasteiger partial charge in [0.15, 0.2) is 9.84 Å². The standard InChI is InChI=1S/C6H14ClNO2S/c1-6(5-8)11(9,10)4-2-3-7/h6H,2-5,8H2,1H3. The minimum absolute atomic E-state index is 0.148. The van der Waals surface area contributed by atoms with E-state index < -0.39 is 15.1 Å². The van der Waals surface area contributed by atoms with Crippen molar-refractivity contribution in [3.05, 3.63) is 0 Å². The summed E-state index contributed by atoms with van der Waals surface area (Å²) in [6.07, 6.45) is 0.508. The van der Waals surface area contributed by atoms with Gasteiger partial charge in [0.2, 0.25) is 0 Å². The molecule has 0 saturated carbocycles. The molecule has 0 aromatic carbocycles. The second-order valence-corrected chi connectivity index (χ2v) is 5.37. The van der Waals surface area contributed by atoms with Crippen molar-refractivity contribution in [3.8, 4) is 0 Å². The molecule has 0 aliphatic carbocycles. The SMILES string of the molecule is CC(CN)S(=O)(=O)CCCCl. The first kappa shape index (κ1) is 11.2. The van der Waals surface area contributed by atoms with E-state index in [0.29, 0.717) is 12.3 Å². The molecule has 3 nitrogen and oxygen atoms in total. The Bertz CT molecular complexity index is 191. The van der Waals surface area contributed by atoms with E-state index in [1.165, 1.54) is 0 Å². The van der Waals surface area contributed by atoms with Gasteiger partial charge in [0.05, 0.1) is 11.0 Å². The van der Waals surface area contributed by atoms with E-state index in [1.807, 2.05) is 0 Å². The molecule has 0 aromatic rings. The zero-order valence-corrected chi connectivity index (χ0v) is 8.16. The molecule has 0 radical (unpaired) electrons. The molecule has 2 N–H and O–H groups in total. The van der Waals surface area contributed by atoms with Crippen LogP contribution in [-0.4, -0.2) is 31.8 Å². The van der Waals surface area contributed by atoms with E-state index in [1.54, 1.807) is 6.92 Å². The average Bonchev–Trinajstić information content (AvgIpc) is 1.99. The Morgan fingerprint density at radius 3 is 2.45 bits per heavy atom. The first-order chi connectivity index (χ1) is 5.04. The Labute approximate surface area is 72.8 Å². The Hall–Kier alpha value is 0.200. The van der Waals surface area contributed by atoms with Gasteiger partial charge in [-0.05, 0) is 13.3 Å². The van der Waals surface area contributed by atoms with E-state index >= 15 is 0 Å². The van der Waals surface area contributed by atoms with Crippen molar-refractivity contribution in [1.29, 1.82) is 0 Å². The molecule has 0 bridgehead atoms. The second kappa shape index (κ2) is 4.95. The highest BCUT2D eigenvalue weighted by atomic mass is 35.5. The van der Waals surface area contributed by atoms with Crippen LogP contribution in [0.5, 0.6) is 0 Å². The van der Waals surface area contributed by atoms with Crippen LogP contribution in [0, 0.1) is 0 Å². The molecule has 11 heavy (non-hydrogen) atoms. The summed E-state index contributed by atoms with van der Waals surface area (Å²) < 4.78 is 22.4. The van der Waals surface area contributed by atoms with Gasteiger partial charge in [-0.15, -0.1) is 11.6 Å². The normalized spacial score (nSPS) is 14.8. The average molecular weight is 200 g/mol. The molecule has 0 amide bonds.